The van der Waals surface area contributed by atoms with Crippen LogP contribution in [0.15, 0.2) is 39.0 Å². The lowest BCUT2D eigenvalue weighted by molar-refractivity contribution is -0.128. The predicted octanol–water partition coefficient (Wildman–Crippen LogP) is 3.83. The van der Waals surface area contributed by atoms with Gasteiger partial charge in [-0.2, -0.15) is 0 Å². The monoisotopic (exact) mass is 434 g/mol. The highest BCUT2D eigenvalue weighted by molar-refractivity contribution is 7.99. The number of carbonyl (C=O) groups excluding carboxylic acids is 1. The molecule has 0 N–H and O–H groups in total. The minimum absolute atomic E-state index is 0.211. The van der Waals surface area contributed by atoms with Crippen molar-refractivity contribution in [3.63, 3.8) is 0 Å². The van der Waals surface area contributed by atoms with Crippen LogP contribution < -0.4 is 0 Å². The third-order valence-corrected chi connectivity index (χ3v) is 7.08. The quantitative estimate of drug-likeness (QED) is 0.563. The van der Waals surface area contributed by atoms with Crippen molar-refractivity contribution in [1.29, 1.82) is 0 Å². The number of amides is 1. The molecule has 0 aliphatic carbocycles. The molecule has 1 aliphatic heterocycles. The first-order chi connectivity index (χ1) is 13.8. The Morgan fingerprint density at radius 1 is 1.25 bits per heavy atom. The van der Waals surface area contributed by atoms with Crippen LogP contribution in [0, 0.1) is 0 Å². The van der Waals surface area contributed by atoms with E-state index in [1.807, 2.05) is 34.0 Å². The number of thiophene rings is 1. The summed E-state index contributed by atoms with van der Waals surface area (Å²) in [5, 5.41) is 8.23. The van der Waals surface area contributed by atoms with E-state index < -0.39 is 0 Å². The maximum absolute atomic E-state index is 12.6. The third kappa shape index (κ3) is 5.22. The first-order valence-corrected chi connectivity index (χ1v) is 12.2. The lowest BCUT2D eigenvalue weighted by Gasteiger charge is -2.21. The molecule has 9 heteroatoms. The van der Waals surface area contributed by atoms with Crippen LogP contribution in [0.5, 0.6) is 0 Å². The van der Waals surface area contributed by atoms with Gasteiger partial charge in [-0.1, -0.05) is 11.2 Å². The SMILES string of the molecule is O=C(CSCc1cc(-c2cccs2)on1)N1CCCN(Cc2cscn2)CC1. The molecule has 0 bridgehead atoms. The summed E-state index contributed by atoms with van der Waals surface area (Å²) in [5.74, 6) is 2.17. The van der Waals surface area contributed by atoms with E-state index in [0.29, 0.717) is 11.5 Å². The number of hydrogen-bond donors (Lipinski definition) is 0. The van der Waals surface area contributed by atoms with E-state index in [1.165, 1.54) is 0 Å². The second-order valence-corrected chi connectivity index (χ2v) is 9.29. The van der Waals surface area contributed by atoms with Crippen molar-refractivity contribution in [2.75, 3.05) is 31.9 Å². The number of thioether (sulfide) groups is 1. The Morgan fingerprint density at radius 2 is 2.21 bits per heavy atom. The molecule has 28 heavy (non-hydrogen) atoms. The van der Waals surface area contributed by atoms with Gasteiger partial charge < -0.3 is 9.42 Å². The highest BCUT2D eigenvalue weighted by atomic mass is 32.2. The summed E-state index contributed by atoms with van der Waals surface area (Å²) in [5.41, 5.74) is 3.87. The fourth-order valence-electron chi connectivity index (χ4n) is 3.17. The van der Waals surface area contributed by atoms with Gasteiger partial charge in [0.05, 0.1) is 27.5 Å². The minimum atomic E-state index is 0.211. The van der Waals surface area contributed by atoms with Crippen LogP contribution in [0.1, 0.15) is 17.8 Å². The molecule has 4 rings (SSSR count). The van der Waals surface area contributed by atoms with Crippen molar-refractivity contribution >= 4 is 40.3 Å². The third-order valence-electron chi connectivity index (χ3n) is 4.61. The van der Waals surface area contributed by atoms with Crippen molar-refractivity contribution in [3.8, 4) is 10.6 Å². The van der Waals surface area contributed by atoms with Gasteiger partial charge in [-0.3, -0.25) is 9.69 Å². The second kappa shape index (κ2) is 9.69. The summed E-state index contributed by atoms with van der Waals surface area (Å²) >= 11 is 4.86. The molecule has 1 aliphatic rings. The van der Waals surface area contributed by atoms with Gasteiger partial charge in [0.25, 0.3) is 0 Å². The van der Waals surface area contributed by atoms with Crippen LogP contribution in [0.3, 0.4) is 0 Å². The first kappa shape index (κ1) is 19.6. The molecule has 3 aromatic rings. The Bertz CT molecular complexity index is 864. The topological polar surface area (TPSA) is 62.5 Å². The van der Waals surface area contributed by atoms with E-state index in [4.69, 9.17) is 4.52 Å². The zero-order chi connectivity index (χ0) is 19.2. The van der Waals surface area contributed by atoms with Gasteiger partial charge in [-0.15, -0.1) is 34.4 Å². The van der Waals surface area contributed by atoms with Gasteiger partial charge in [0.15, 0.2) is 5.76 Å². The molecule has 1 saturated heterocycles. The normalized spacial score (nSPS) is 15.6. The largest absolute Gasteiger partial charge is 0.355 e. The molecule has 1 fully saturated rings. The summed E-state index contributed by atoms with van der Waals surface area (Å²) in [6, 6.07) is 5.98. The molecule has 0 radical (unpaired) electrons. The molecule has 1 amide bonds. The standard InChI is InChI=1S/C19H22N4O2S3/c24-19(13-26-11-15-9-17(25-21-15)18-3-1-8-28-18)23-5-2-4-22(6-7-23)10-16-12-27-14-20-16/h1,3,8-9,12,14H,2,4-7,10-11,13H2. The van der Waals surface area contributed by atoms with E-state index in [1.54, 1.807) is 34.4 Å². The number of rotatable bonds is 7. The maximum Gasteiger partial charge on any atom is 0.232 e. The van der Waals surface area contributed by atoms with Gasteiger partial charge >= 0.3 is 0 Å². The van der Waals surface area contributed by atoms with Crippen LogP contribution in [-0.2, 0) is 17.1 Å². The average Bonchev–Trinajstić information content (AvgIpc) is 3.44. The Morgan fingerprint density at radius 3 is 3.04 bits per heavy atom. The molecule has 0 atom stereocenters. The molecule has 6 nitrogen and oxygen atoms in total. The van der Waals surface area contributed by atoms with E-state index in [2.05, 4.69) is 20.4 Å². The van der Waals surface area contributed by atoms with Gasteiger partial charge in [0, 0.05) is 49.9 Å². The summed E-state index contributed by atoms with van der Waals surface area (Å²) in [7, 11) is 0. The zero-order valence-corrected chi connectivity index (χ0v) is 17.9. The first-order valence-electron chi connectivity index (χ1n) is 9.22. The molecule has 0 saturated carbocycles. The van der Waals surface area contributed by atoms with Gasteiger partial charge in [-0.05, 0) is 17.9 Å². The molecule has 0 aromatic carbocycles. The van der Waals surface area contributed by atoms with Gasteiger partial charge in [-0.25, -0.2) is 4.98 Å². The highest BCUT2D eigenvalue weighted by Crippen LogP contribution is 2.26. The zero-order valence-electron chi connectivity index (χ0n) is 15.5. The number of aromatic nitrogens is 2. The predicted molar refractivity (Wildman–Crippen MR) is 115 cm³/mol. The van der Waals surface area contributed by atoms with E-state index in [-0.39, 0.29) is 5.91 Å². The van der Waals surface area contributed by atoms with Crippen LogP contribution in [0.2, 0.25) is 0 Å². The van der Waals surface area contributed by atoms with Crippen molar-refractivity contribution in [2.45, 2.75) is 18.7 Å². The fourth-order valence-corrected chi connectivity index (χ4v) is 5.20. The van der Waals surface area contributed by atoms with Crippen LogP contribution >= 0.6 is 34.4 Å². The van der Waals surface area contributed by atoms with Gasteiger partial charge in [0.1, 0.15) is 0 Å². The summed E-state index contributed by atoms with van der Waals surface area (Å²) in [4.78, 5) is 22.4. The number of thiazole rings is 1. The summed E-state index contributed by atoms with van der Waals surface area (Å²) in [6.45, 7) is 4.41. The van der Waals surface area contributed by atoms with Crippen molar-refractivity contribution < 1.29 is 9.32 Å². The molecule has 0 spiro atoms. The molecular weight excluding hydrogens is 412 g/mol. The lowest BCUT2D eigenvalue weighted by Crippen LogP contribution is -2.36. The average molecular weight is 435 g/mol. The maximum atomic E-state index is 12.6. The van der Waals surface area contributed by atoms with E-state index in [0.717, 1.165) is 61.2 Å². The highest BCUT2D eigenvalue weighted by Gasteiger charge is 2.19. The molecule has 0 unspecified atom stereocenters. The molecule has 148 valence electrons. The Hall–Kier alpha value is -1.68. The van der Waals surface area contributed by atoms with Crippen molar-refractivity contribution in [1.82, 2.24) is 19.9 Å². The Balaban J connectivity index is 1.21. The number of carbonyl (C=O) groups is 1. The molecule has 4 heterocycles. The fraction of sp³-hybridized carbons (Fsp3) is 0.421. The second-order valence-electron chi connectivity index (χ2n) is 6.64. The summed E-state index contributed by atoms with van der Waals surface area (Å²) < 4.78 is 5.40. The number of hydrogen-bond acceptors (Lipinski definition) is 8. The lowest BCUT2D eigenvalue weighted by atomic mass is 10.3. The van der Waals surface area contributed by atoms with Crippen molar-refractivity contribution in [2.24, 2.45) is 0 Å². The Labute approximate surface area is 176 Å². The van der Waals surface area contributed by atoms with Crippen LogP contribution in [0.25, 0.3) is 10.6 Å². The smallest absolute Gasteiger partial charge is 0.232 e. The Kier molecular flexibility index (Phi) is 6.79. The van der Waals surface area contributed by atoms with Crippen LogP contribution in [-0.4, -0.2) is 57.8 Å². The summed E-state index contributed by atoms with van der Waals surface area (Å²) in [6.07, 6.45) is 1.01. The van der Waals surface area contributed by atoms with Crippen LogP contribution in [0.4, 0.5) is 0 Å². The van der Waals surface area contributed by atoms with E-state index >= 15 is 0 Å². The van der Waals surface area contributed by atoms with E-state index in [9.17, 15) is 4.79 Å². The number of nitrogens with zero attached hydrogens (tertiary/aromatic N) is 4. The van der Waals surface area contributed by atoms with Crippen molar-refractivity contribution in [3.05, 3.63) is 45.9 Å². The minimum Gasteiger partial charge on any atom is -0.355 e. The molecular formula is C19H22N4O2S3. The van der Waals surface area contributed by atoms with Gasteiger partial charge in [0.2, 0.25) is 5.91 Å². The molecule has 3 aromatic heterocycles.